The van der Waals surface area contributed by atoms with Gasteiger partial charge in [0.1, 0.15) is 11.2 Å². The SMILES string of the molecule is c1ccc(-c2ccc(N(c3ccc(-c4cc5ccccc5c5ccccc45)cc3)c3ccc(-c4ccccc4)c4oc5c6ccccc6ccc5c34)cc2)cc1. The van der Waals surface area contributed by atoms with Crippen molar-refractivity contribution in [3.05, 3.63) is 212 Å². The molecule has 0 aliphatic rings. The van der Waals surface area contributed by atoms with Crippen molar-refractivity contribution in [1.29, 1.82) is 0 Å². The van der Waals surface area contributed by atoms with Crippen molar-refractivity contribution in [1.82, 2.24) is 0 Å². The molecule has 0 saturated carbocycles. The lowest BCUT2D eigenvalue weighted by Gasteiger charge is -2.27. The first-order valence-corrected chi connectivity index (χ1v) is 19.2. The minimum absolute atomic E-state index is 0.880. The van der Waals surface area contributed by atoms with Crippen LogP contribution in [-0.4, -0.2) is 0 Å². The van der Waals surface area contributed by atoms with Gasteiger partial charge in [0.05, 0.1) is 11.1 Å². The molecule has 0 aliphatic heterocycles. The molecule has 0 bridgehead atoms. The van der Waals surface area contributed by atoms with Crippen LogP contribution < -0.4 is 4.90 Å². The maximum Gasteiger partial charge on any atom is 0.145 e. The fourth-order valence-electron chi connectivity index (χ4n) is 8.57. The van der Waals surface area contributed by atoms with Crippen LogP contribution in [0.1, 0.15) is 0 Å². The molecule has 0 saturated heterocycles. The summed E-state index contributed by atoms with van der Waals surface area (Å²) in [5, 5.41) is 9.49. The molecular formula is C54H35NO. The van der Waals surface area contributed by atoms with E-state index in [4.69, 9.17) is 4.42 Å². The Balaban J connectivity index is 1.14. The number of hydrogen-bond donors (Lipinski definition) is 0. The zero-order chi connectivity index (χ0) is 37.0. The molecule has 11 rings (SSSR count). The van der Waals surface area contributed by atoms with Crippen LogP contribution in [0.2, 0.25) is 0 Å². The molecule has 1 heterocycles. The Morgan fingerprint density at radius 2 is 0.839 bits per heavy atom. The molecule has 0 radical (unpaired) electrons. The van der Waals surface area contributed by atoms with Gasteiger partial charge in [0.25, 0.3) is 0 Å². The molecule has 0 N–H and O–H groups in total. The number of hydrogen-bond acceptors (Lipinski definition) is 2. The summed E-state index contributed by atoms with van der Waals surface area (Å²) in [6.07, 6.45) is 0. The average molecular weight is 714 g/mol. The highest BCUT2D eigenvalue weighted by molar-refractivity contribution is 6.22. The maximum absolute atomic E-state index is 7.02. The Morgan fingerprint density at radius 1 is 0.304 bits per heavy atom. The van der Waals surface area contributed by atoms with Crippen LogP contribution in [0, 0.1) is 0 Å². The van der Waals surface area contributed by atoms with Gasteiger partial charge >= 0.3 is 0 Å². The van der Waals surface area contributed by atoms with Crippen molar-refractivity contribution < 1.29 is 4.42 Å². The summed E-state index contributed by atoms with van der Waals surface area (Å²) >= 11 is 0. The lowest BCUT2D eigenvalue weighted by atomic mass is 9.93. The molecule has 10 aromatic carbocycles. The van der Waals surface area contributed by atoms with E-state index in [2.05, 4.69) is 217 Å². The van der Waals surface area contributed by atoms with Crippen molar-refractivity contribution in [2.45, 2.75) is 0 Å². The molecule has 11 aromatic rings. The molecule has 0 amide bonds. The molecule has 56 heavy (non-hydrogen) atoms. The summed E-state index contributed by atoms with van der Waals surface area (Å²) in [4.78, 5) is 2.39. The van der Waals surface area contributed by atoms with Crippen molar-refractivity contribution in [2.75, 3.05) is 4.90 Å². The summed E-state index contributed by atoms with van der Waals surface area (Å²) in [7, 11) is 0. The molecule has 1 aromatic heterocycles. The standard InChI is InChI=1S/C54H35NO/c1-3-13-36(14-4-1)37-23-28-42(29-24-37)55(43-30-25-40(26-31-43)50-35-41-18-8-9-19-44(41)47-21-11-12-22-48(47)50)51-34-33-46(38-15-5-2-6-16-38)54-52(51)49-32-27-39-17-7-10-20-45(39)53(49)56-54/h1-35H. The molecule has 0 aliphatic carbocycles. The van der Waals surface area contributed by atoms with Gasteiger partial charge in [-0.25, -0.2) is 0 Å². The maximum atomic E-state index is 7.02. The Labute approximate surface area is 325 Å². The summed E-state index contributed by atoms with van der Waals surface area (Å²) in [5.74, 6) is 0. The molecule has 2 nitrogen and oxygen atoms in total. The minimum Gasteiger partial charge on any atom is -0.455 e. The third-order valence-electron chi connectivity index (χ3n) is 11.3. The van der Waals surface area contributed by atoms with Gasteiger partial charge in [-0.1, -0.05) is 164 Å². The third kappa shape index (κ3) is 5.26. The fourth-order valence-corrected chi connectivity index (χ4v) is 8.57. The summed E-state index contributed by atoms with van der Waals surface area (Å²) < 4.78 is 7.02. The topological polar surface area (TPSA) is 16.4 Å². The molecule has 2 heteroatoms. The highest BCUT2D eigenvalue weighted by Crippen LogP contribution is 2.48. The molecule has 262 valence electrons. The van der Waals surface area contributed by atoms with E-state index in [-0.39, 0.29) is 0 Å². The second-order valence-electron chi connectivity index (χ2n) is 14.5. The van der Waals surface area contributed by atoms with Crippen LogP contribution in [0.25, 0.3) is 87.6 Å². The molecule has 0 spiro atoms. The van der Waals surface area contributed by atoms with Crippen LogP contribution in [0.15, 0.2) is 217 Å². The van der Waals surface area contributed by atoms with E-state index in [1.165, 1.54) is 43.8 Å². The lowest BCUT2D eigenvalue weighted by Crippen LogP contribution is -2.10. The zero-order valence-corrected chi connectivity index (χ0v) is 30.6. The van der Waals surface area contributed by atoms with Gasteiger partial charge < -0.3 is 9.32 Å². The second kappa shape index (κ2) is 13.2. The smallest absolute Gasteiger partial charge is 0.145 e. The highest BCUT2D eigenvalue weighted by atomic mass is 16.3. The quantitative estimate of drug-likeness (QED) is 0.160. The van der Waals surface area contributed by atoms with Crippen LogP contribution in [-0.2, 0) is 0 Å². The zero-order valence-electron chi connectivity index (χ0n) is 30.6. The Kier molecular flexibility index (Phi) is 7.53. The van der Waals surface area contributed by atoms with E-state index in [9.17, 15) is 0 Å². The number of anilines is 3. The van der Waals surface area contributed by atoms with Gasteiger partial charge in [-0.3, -0.25) is 0 Å². The Hall–Kier alpha value is -7.42. The summed E-state index contributed by atoms with van der Waals surface area (Å²) in [6, 6.07) is 76.3. The van der Waals surface area contributed by atoms with Crippen molar-refractivity contribution >= 4 is 71.3 Å². The molecule has 0 unspecified atom stereocenters. The van der Waals surface area contributed by atoms with Gasteiger partial charge in [-0.15, -0.1) is 0 Å². The monoisotopic (exact) mass is 713 g/mol. The van der Waals surface area contributed by atoms with Crippen LogP contribution in [0.5, 0.6) is 0 Å². The van der Waals surface area contributed by atoms with Crippen LogP contribution in [0.3, 0.4) is 0 Å². The van der Waals surface area contributed by atoms with E-state index in [0.717, 1.165) is 60.9 Å². The number of furan rings is 1. The van der Waals surface area contributed by atoms with E-state index >= 15 is 0 Å². The lowest BCUT2D eigenvalue weighted by molar-refractivity contribution is 0.674. The average Bonchev–Trinajstić information content (AvgIpc) is 3.68. The second-order valence-corrected chi connectivity index (χ2v) is 14.5. The van der Waals surface area contributed by atoms with Gasteiger partial charge in [0, 0.05) is 27.7 Å². The Morgan fingerprint density at radius 3 is 1.55 bits per heavy atom. The van der Waals surface area contributed by atoms with E-state index < -0.39 is 0 Å². The van der Waals surface area contributed by atoms with E-state index in [1.807, 2.05) is 0 Å². The van der Waals surface area contributed by atoms with Crippen LogP contribution >= 0.6 is 0 Å². The van der Waals surface area contributed by atoms with Crippen molar-refractivity contribution in [2.24, 2.45) is 0 Å². The van der Waals surface area contributed by atoms with Gasteiger partial charge in [-0.2, -0.15) is 0 Å². The minimum atomic E-state index is 0.880. The molecule has 0 fully saturated rings. The largest absolute Gasteiger partial charge is 0.455 e. The predicted molar refractivity (Wildman–Crippen MR) is 237 cm³/mol. The first-order chi connectivity index (χ1) is 27.8. The highest BCUT2D eigenvalue weighted by Gasteiger charge is 2.23. The van der Waals surface area contributed by atoms with E-state index in [0.29, 0.717) is 0 Å². The first kappa shape index (κ1) is 32.0. The normalized spacial score (nSPS) is 11.6. The number of nitrogens with zero attached hydrogens (tertiary/aromatic N) is 1. The van der Waals surface area contributed by atoms with Gasteiger partial charge in [0.2, 0.25) is 0 Å². The number of rotatable bonds is 6. The first-order valence-electron chi connectivity index (χ1n) is 19.2. The summed E-state index contributed by atoms with van der Waals surface area (Å²) in [6.45, 7) is 0. The molecule has 0 atom stereocenters. The van der Waals surface area contributed by atoms with E-state index in [1.54, 1.807) is 0 Å². The molecular weight excluding hydrogens is 679 g/mol. The van der Waals surface area contributed by atoms with Gasteiger partial charge in [-0.05, 0) is 103 Å². The fraction of sp³-hybridized carbons (Fsp3) is 0. The summed E-state index contributed by atoms with van der Waals surface area (Å²) in [5.41, 5.74) is 12.0. The third-order valence-corrected chi connectivity index (χ3v) is 11.3. The number of fused-ring (bicyclic) bond motifs is 8. The van der Waals surface area contributed by atoms with Crippen LogP contribution in [0.4, 0.5) is 17.1 Å². The van der Waals surface area contributed by atoms with Crippen molar-refractivity contribution in [3.8, 4) is 33.4 Å². The number of benzene rings is 10. The van der Waals surface area contributed by atoms with Crippen molar-refractivity contribution in [3.63, 3.8) is 0 Å². The predicted octanol–water partition coefficient (Wildman–Crippen LogP) is 15.5. The Bertz CT molecular complexity index is 3220. The van der Waals surface area contributed by atoms with Gasteiger partial charge in [0.15, 0.2) is 0 Å².